The van der Waals surface area contributed by atoms with E-state index >= 15 is 0 Å². The van der Waals surface area contributed by atoms with Crippen LogP contribution < -0.4 is 10.5 Å². The molecule has 4 heteroatoms. The molecule has 20 heavy (non-hydrogen) atoms. The maximum absolute atomic E-state index is 13.0. The van der Waals surface area contributed by atoms with Crippen LogP contribution in [0.5, 0.6) is 5.75 Å². The molecule has 0 aliphatic heterocycles. The summed E-state index contributed by atoms with van der Waals surface area (Å²) < 4.78 is 19.9. The Balaban J connectivity index is 2.28. The van der Waals surface area contributed by atoms with Gasteiger partial charge in [0.1, 0.15) is 17.7 Å². The average molecular weight is 338 g/mol. The predicted molar refractivity (Wildman–Crippen MR) is 82.3 cm³/mol. The van der Waals surface area contributed by atoms with Crippen LogP contribution >= 0.6 is 15.9 Å². The summed E-state index contributed by atoms with van der Waals surface area (Å²) in [5, 5.41) is 0. The zero-order valence-corrected chi connectivity index (χ0v) is 13.0. The van der Waals surface area contributed by atoms with Crippen molar-refractivity contribution in [3.8, 4) is 5.75 Å². The molecule has 2 rings (SSSR count). The third kappa shape index (κ3) is 3.58. The average Bonchev–Trinajstić information content (AvgIpc) is 2.39. The summed E-state index contributed by atoms with van der Waals surface area (Å²) in [4.78, 5) is 0. The van der Waals surface area contributed by atoms with E-state index in [2.05, 4.69) is 15.9 Å². The molecule has 0 radical (unpaired) electrons. The summed E-state index contributed by atoms with van der Waals surface area (Å²) in [6, 6.07) is 11.9. The Bertz CT molecular complexity index is 584. The van der Waals surface area contributed by atoms with Crippen LogP contribution in [0, 0.1) is 12.7 Å². The fourth-order valence-corrected chi connectivity index (χ4v) is 2.56. The van der Waals surface area contributed by atoms with E-state index in [1.54, 1.807) is 12.1 Å². The first-order valence-corrected chi connectivity index (χ1v) is 7.20. The van der Waals surface area contributed by atoms with Gasteiger partial charge in [-0.05, 0) is 65.2 Å². The van der Waals surface area contributed by atoms with E-state index in [1.165, 1.54) is 12.1 Å². The summed E-state index contributed by atoms with van der Waals surface area (Å²) >= 11 is 3.48. The fourth-order valence-electron chi connectivity index (χ4n) is 1.97. The van der Waals surface area contributed by atoms with E-state index in [0.29, 0.717) is 0 Å². The van der Waals surface area contributed by atoms with Gasteiger partial charge in [-0.2, -0.15) is 0 Å². The summed E-state index contributed by atoms with van der Waals surface area (Å²) in [5.41, 5.74) is 8.00. The van der Waals surface area contributed by atoms with E-state index in [9.17, 15) is 4.39 Å². The highest BCUT2D eigenvalue weighted by atomic mass is 79.9. The van der Waals surface area contributed by atoms with E-state index in [4.69, 9.17) is 10.5 Å². The topological polar surface area (TPSA) is 35.2 Å². The van der Waals surface area contributed by atoms with Crippen molar-refractivity contribution in [2.24, 2.45) is 5.73 Å². The Hall–Kier alpha value is -1.39. The van der Waals surface area contributed by atoms with Crippen LogP contribution in [0.25, 0.3) is 0 Å². The third-order valence-corrected chi connectivity index (χ3v) is 3.64. The van der Waals surface area contributed by atoms with Gasteiger partial charge in [0.25, 0.3) is 0 Å². The summed E-state index contributed by atoms with van der Waals surface area (Å²) in [7, 11) is 0. The maximum atomic E-state index is 13.0. The molecular formula is C16H17BrFNO. The minimum Gasteiger partial charge on any atom is -0.483 e. The van der Waals surface area contributed by atoms with Gasteiger partial charge in [-0.15, -0.1) is 0 Å². The van der Waals surface area contributed by atoms with Crippen LogP contribution in [-0.4, -0.2) is 6.04 Å². The maximum Gasteiger partial charge on any atom is 0.139 e. The molecule has 2 aromatic carbocycles. The monoisotopic (exact) mass is 337 g/mol. The second-order valence-corrected chi connectivity index (χ2v) is 5.74. The molecule has 0 aliphatic carbocycles. The number of benzene rings is 2. The molecule has 0 spiro atoms. The Kier molecular flexibility index (Phi) is 4.78. The van der Waals surface area contributed by atoms with Gasteiger partial charge in [0.2, 0.25) is 0 Å². The highest BCUT2D eigenvalue weighted by molar-refractivity contribution is 9.10. The molecule has 106 valence electrons. The van der Waals surface area contributed by atoms with Gasteiger partial charge in [-0.1, -0.05) is 18.2 Å². The first kappa shape index (κ1) is 15.0. The highest BCUT2D eigenvalue weighted by Gasteiger charge is 2.19. The van der Waals surface area contributed by atoms with Crippen molar-refractivity contribution in [1.82, 2.24) is 0 Å². The van der Waals surface area contributed by atoms with Gasteiger partial charge in [0.05, 0.1) is 4.47 Å². The first-order valence-electron chi connectivity index (χ1n) is 6.41. The van der Waals surface area contributed by atoms with Crippen molar-refractivity contribution in [2.45, 2.75) is 26.0 Å². The lowest BCUT2D eigenvalue weighted by atomic mass is 10.0. The van der Waals surface area contributed by atoms with Gasteiger partial charge in [0, 0.05) is 6.04 Å². The first-order chi connectivity index (χ1) is 9.47. The number of hydrogen-bond acceptors (Lipinski definition) is 2. The molecule has 0 amide bonds. The number of rotatable bonds is 4. The summed E-state index contributed by atoms with van der Waals surface area (Å²) in [6.45, 7) is 3.88. The number of aryl methyl sites for hydroxylation is 1. The van der Waals surface area contributed by atoms with Crippen LogP contribution in [-0.2, 0) is 0 Å². The standard InChI is InChI=1S/C16H17BrFNO/c1-10-3-8-15(14(17)9-10)20-16(11(2)19)12-4-6-13(18)7-5-12/h3-9,11,16H,19H2,1-2H3. The summed E-state index contributed by atoms with van der Waals surface area (Å²) in [5.74, 6) is 0.455. The fraction of sp³-hybridized carbons (Fsp3) is 0.250. The lowest BCUT2D eigenvalue weighted by Gasteiger charge is -2.23. The molecule has 0 saturated heterocycles. The van der Waals surface area contributed by atoms with Crippen LogP contribution in [0.2, 0.25) is 0 Å². The van der Waals surface area contributed by atoms with E-state index in [0.717, 1.165) is 21.3 Å². The molecule has 2 N–H and O–H groups in total. The predicted octanol–water partition coefficient (Wildman–Crippen LogP) is 4.36. The van der Waals surface area contributed by atoms with Gasteiger partial charge in [-0.3, -0.25) is 0 Å². The smallest absolute Gasteiger partial charge is 0.139 e. The largest absolute Gasteiger partial charge is 0.483 e. The van der Waals surface area contributed by atoms with Crippen molar-refractivity contribution in [2.75, 3.05) is 0 Å². The highest BCUT2D eigenvalue weighted by Crippen LogP contribution is 2.31. The van der Waals surface area contributed by atoms with E-state index in [-0.39, 0.29) is 18.0 Å². The third-order valence-electron chi connectivity index (χ3n) is 3.02. The van der Waals surface area contributed by atoms with E-state index < -0.39 is 0 Å². The second kappa shape index (κ2) is 6.37. The van der Waals surface area contributed by atoms with Gasteiger partial charge in [0.15, 0.2) is 0 Å². The molecule has 2 atom stereocenters. The number of halogens is 2. The second-order valence-electron chi connectivity index (χ2n) is 4.88. The Labute approximate surface area is 126 Å². The van der Waals surface area contributed by atoms with Crippen LogP contribution in [0.4, 0.5) is 4.39 Å². The van der Waals surface area contributed by atoms with Crippen LogP contribution in [0.3, 0.4) is 0 Å². The van der Waals surface area contributed by atoms with Crippen molar-refractivity contribution in [3.05, 3.63) is 63.9 Å². The van der Waals surface area contributed by atoms with E-state index in [1.807, 2.05) is 32.0 Å². The lowest BCUT2D eigenvalue weighted by molar-refractivity contribution is 0.179. The van der Waals surface area contributed by atoms with Crippen LogP contribution in [0.15, 0.2) is 46.9 Å². The quantitative estimate of drug-likeness (QED) is 0.899. The molecule has 0 bridgehead atoms. The molecular weight excluding hydrogens is 321 g/mol. The minimum atomic E-state index is -0.324. The Morgan fingerprint density at radius 1 is 1.15 bits per heavy atom. The lowest BCUT2D eigenvalue weighted by Crippen LogP contribution is -2.29. The van der Waals surface area contributed by atoms with Gasteiger partial charge >= 0.3 is 0 Å². The van der Waals surface area contributed by atoms with Crippen LogP contribution in [0.1, 0.15) is 24.2 Å². The number of hydrogen-bond donors (Lipinski definition) is 1. The molecule has 0 fully saturated rings. The minimum absolute atomic E-state index is 0.214. The molecule has 2 unspecified atom stereocenters. The normalized spacial score (nSPS) is 13.8. The molecule has 2 nitrogen and oxygen atoms in total. The molecule has 0 aliphatic rings. The summed E-state index contributed by atoms with van der Waals surface area (Å²) in [6.07, 6.45) is -0.324. The number of nitrogens with two attached hydrogens (primary N) is 1. The zero-order chi connectivity index (χ0) is 14.7. The van der Waals surface area contributed by atoms with Crippen molar-refractivity contribution in [3.63, 3.8) is 0 Å². The Morgan fingerprint density at radius 2 is 1.80 bits per heavy atom. The van der Waals surface area contributed by atoms with Gasteiger partial charge in [-0.25, -0.2) is 4.39 Å². The number of ether oxygens (including phenoxy) is 1. The van der Waals surface area contributed by atoms with Crippen molar-refractivity contribution < 1.29 is 9.13 Å². The van der Waals surface area contributed by atoms with Gasteiger partial charge < -0.3 is 10.5 Å². The van der Waals surface area contributed by atoms with Crippen molar-refractivity contribution >= 4 is 15.9 Å². The SMILES string of the molecule is Cc1ccc(OC(c2ccc(F)cc2)C(C)N)c(Br)c1. The molecule has 0 heterocycles. The Morgan fingerprint density at radius 3 is 2.35 bits per heavy atom. The molecule has 0 aromatic heterocycles. The molecule has 2 aromatic rings. The molecule has 0 saturated carbocycles. The zero-order valence-electron chi connectivity index (χ0n) is 11.4. The van der Waals surface area contributed by atoms with Crippen molar-refractivity contribution in [1.29, 1.82) is 0 Å².